The van der Waals surface area contributed by atoms with Crippen LogP contribution < -0.4 is 0 Å². The van der Waals surface area contributed by atoms with Crippen molar-refractivity contribution in [2.75, 3.05) is 33.3 Å². The molecule has 0 aromatic rings. The van der Waals surface area contributed by atoms with E-state index in [1.54, 1.807) is 6.92 Å². The summed E-state index contributed by atoms with van der Waals surface area (Å²) in [5.41, 5.74) is -0.876. The Morgan fingerprint density at radius 3 is 2.48 bits per heavy atom. The number of carboxylic acid groups (broad SMARTS) is 1. The van der Waals surface area contributed by atoms with Crippen molar-refractivity contribution in [3.05, 3.63) is 0 Å². The summed E-state index contributed by atoms with van der Waals surface area (Å²) < 4.78 is 4.57. The third-order valence-electron chi connectivity index (χ3n) is 4.18. The molecule has 0 aromatic carbocycles. The number of methoxy groups -OCH3 is 1. The molecule has 1 heterocycles. The number of likely N-dealkylation sites (tertiary alicyclic amines) is 1. The standard InChI is InChI=1S/C14H24N2O5/c1-4-14(12(18)19)7-6-8-16(10-14)13(20)15(5-2)9-11(17)21-3/h4-10H2,1-3H3,(H,18,19). The van der Waals surface area contributed by atoms with Gasteiger partial charge in [-0.25, -0.2) is 4.79 Å². The molecule has 7 heteroatoms. The third-order valence-corrected chi connectivity index (χ3v) is 4.18. The Morgan fingerprint density at radius 2 is 2.00 bits per heavy atom. The van der Waals surface area contributed by atoms with Gasteiger partial charge in [-0.3, -0.25) is 9.59 Å². The molecule has 0 bridgehead atoms. The fourth-order valence-electron chi connectivity index (χ4n) is 2.64. The lowest BCUT2D eigenvalue weighted by atomic mass is 9.78. The molecule has 0 spiro atoms. The summed E-state index contributed by atoms with van der Waals surface area (Å²) in [6.07, 6.45) is 1.71. The zero-order valence-corrected chi connectivity index (χ0v) is 12.9. The molecular formula is C14H24N2O5. The molecule has 1 fully saturated rings. The third kappa shape index (κ3) is 3.86. The number of esters is 1. The minimum absolute atomic E-state index is 0.117. The molecule has 1 N–H and O–H groups in total. The highest BCUT2D eigenvalue weighted by Gasteiger charge is 2.42. The first kappa shape index (κ1) is 17.3. The Hall–Kier alpha value is -1.79. The van der Waals surface area contributed by atoms with Gasteiger partial charge in [0.05, 0.1) is 12.5 Å². The summed E-state index contributed by atoms with van der Waals surface area (Å²) in [5, 5.41) is 9.44. The number of urea groups is 1. The molecule has 0 saturated carbocycles. The topological polar surface area (TPSA) is 87.2 Å². The van der Waals surface area contributed by atoms with Crippen LogP contribution in [0.4, 0.5) is 4.79 Å². The van der Waals surface area contributed by atoms with E-state index in [0.717, 1.165) is 0 Å². The van der Waals surface area contributed by atoms with E-state index in [-0.39, 0.29) is 19.1 Å². The molecule has 7 nitrogen and oxygen atoms in total. The van der Waals surface area contributed by atoms with Crippen molar-refractivity contribution in [1.29, 1.82) is 0 Å². The number of ether oxygens (including phenoxy) is 1. The predicted molar refractivity (Wildman–Crippen MR) is 75.8 cm³/mol. The predicted octanol–water partition coefficient (Wildman–Crippen LogP) is 1.18. The Morgan fingerprint density at radius 1 is 1.33 bits per heavy atom. The lowest BCUT2D eigenvalue weighted by Crippen LogP contribution is -2.54. The number of hydrogen-bond acceptors (Lipinski definition) is 4. The van der Waals surface area contributed by atoms with Crippen LogP contribution in [0, 0.1) is 5.41 Å². The van der Waals surface area contributed by atoms with Gasteiger partial charge in [0.25, 0.3) is 0 Å². The van der Waals surface area contributed by atoms with E-state index in [1.807, 2.05) is 6.92 Å². The van der Waals surface area contributed by atoms with Crippen molar-refractivity contribution in [2.45, 2.75) is 33.1 Å². The highest BCUT2D eigenvalue weighted by atomic mass is 16.5. The fraction of sp³-hybridized carbons (Fsp3) is 0.786. The van der Waals surface area contributed by atoms with Gasteiger partial charge in [0.15, 0.2) is 0 Å². The molecule has 0 radical (unpaired) electrons. The number of likely N-dealkylation sites (N-methyl/N-ethyl adjacent to an activating group) is 1. The summed E-state index contributed by atoms with van der Waals surface area (Å²) in [6.45, 7) is 4.56. The van der Waals surface area contributed by atoms with Crippen LogP contribution >= 0.6 is 0 Å². The second kappa shape index (κ2) is 7.28. The number of nitrogens with zero attached hydrogens (tertiary/aromatic N) is 2. The lowest BCUT2D eigenvalue weighted by molar-refractivity contribution is -0.152. The van der Waals surface area contributed by atoms with Crippen LogP contribution in [0.15, 0.2) is 0 Å². The van der Waals surface area contributed by atoms with Crippen LogP contribution in [0.2, 0.25) is 0 Å². The van der Waals surface area contributed by atoms with Gasteiger partial charge in [0.2, 0.25) is 0 Å². The van der Waals surface area contributed by atoms with Crippen LogP contribution in [-0.2, 0) is 14.3 Å². The molecule has 1 aliphatic rings. The Labute approximate surface area is 124 Å². The van der Waals surface area contributed by atoms with E-state index in [0.29, 0.717) is 32.4 Å². The van der Waals surface area contributed by atoms with Crippen molar-refractivity contribution in [3.63, 3.8) is 0 Å². The van der Waals surface area contributed by atoms with Crippen molar-refractivity contribution in [2.24, 2.45) is 5.41 Å². The first-order valence-electron chi connectivity index (χ1n) is 7.24. The van der Waals surface area contributed by atoms with E-state index in [4.69, 9.17) is 0 Å². The Balaban J connectivity index is 2.81. The summed E-state index contributed by atoms with van der Waals surface area (Å²) in [4.78, 5) is 38.2. The smallest absolute Gasteiger partial charge is 0.325 e. The maximum Gasteiger partial charge on any atom is 0.325 e. The van der Waals surface area contributed by atoms with Gasteiger partial charge < -0.3 is 19.6 Å². The van der Waals surface area contributed by atoms with Crippen molar-refractivity contribution in [1.82, 2.24) is 9.80 Å². The number of carbonyl (C=O) groups is 3. The minimum atomic E-state index is -0.876. The van der Waals surface area contributed by atoms with Crippen molar-refractivity contribution < 1.29 is 24.2 Å². The molecule has 1 unspecified atom stereocenters. The highest BCUT2D eigenvalue weighted by molar-refractivity contribution is 5.82. The number of amides is 2. The van der Waals surface area contributed by atoms with Crippen LogP contribution in [0.1, 0.15) is 33.1 Å². The Bertz CT molecular complexity index is 412. The molecule has 1 saturated heterocycles. The van der Waals surface area contributed by atoms with Gasteiger partial charge in [-0.1, -0.05) is 6.92 Å². The zero-order chi connectivity index (χ0) is 16.0. The van der Waals surface area contributed by atoms with E-state index in [2.05, 4.69) is 4.74 Å². The second-order valence-corrected chi connectivity index (χ2v) is 5.34. The first-order chi connectivity index (χ1) is 9.90. The number of carbonyl (C=O) groups excluding carboxylic acids is 2. The largest absolute Gasteiger partial charge is 0.481 e. The SMILES string of the molecule is CCN(CC(=O)OC)C(=O)N1CCCC(CC)(C(=O)O)C1. The zero-order valence-electron chi connectivity index (χ0n) is 12.9. The van der Waals surface area contributed by atoms with Crippen LogP contribution in [0.25, 0.3) is 0 Å². The first-order valence-corrected chi connectivity index (χ1v) is 7.24. The van der Waals surface area contributed by atoms with Crippen LogP contribution in [-0.4, -0.2) is 66.2 Å². The molecular weight excluding hydrogens is 276 g/mol. The fourth-order valence-corrected chi connectivity index (χ4v) is 2.64. The number of carboxylic acids is 1. The average molecular weight is 300 g/mol. The van der Waals surface area contributed by atoms with Gasteiger partial charge in [0.1, 0.15) is 6.54 Å². The number of rotatable bonds is 5. The van der Waals surface area contributed by atoms with Gasteiger partial charge in [-0.05, 0) is 26.2 Å². The van der Waals surface area contributed by atoms with Crippen molar-refractivity contribution >= 4 is 18.0 Å². The number of aliphatic carboxylic acids is 1. The van der Waals surface area contributed by atoms with Crippen LogP contribution in [0.5, 0.6) is 0 Å². The van der Waals surface area contributed by atoms with E-state index in [9.17, 15) is 19.5 Å². The van der Waals surface area contributed by atoms with Gasteiger partial charge in [-0.2, -0.15) is 0 Å². The van der Waals surface area contributed by atoms with Crippen LogP contribution in [0.3, 0.4) is 0 Å². The molecule has 120 valence electrons. The van der Waals surface area contributed by atoms with E-state index < -0.39 is 17.4 Å². The summed E-state index contributed by atoms with van der Waals surface area (Å²) in [6, 6.07) is -0.304. The molecule has 21 heavy (non-hydrogen) atoms. The highest BCUT2D eigenvalue weighted by Crippen LogP contribution is 2.34. The van der Waals surface area contributed by atoms with Gasteiger partial charge >= 0.3 is 18.0 Å². The number of piperidine rings is 1. The second-order valence-electron chi connectivity index (χ2n) is 5.34. The minimum Gasteiger partial charge on any atom is -0.481 e. The Kier molecular flexibility index (Phi) is 5.99. The molecule has 1 aliphatic heterocycles. The maximum absolute atomic E-state index is 12.5. The molecule has 1 atom stereocenters. The summed E-state index contributed by atoms with van der Waals surface area (Å²) in [7, 11) is 1.27. The quantitative estimate of drug-likeness (QED) is 0.770. The van der Waals surface area contributed by atoms with E-state index in [1.165, 1.54) is 16.9 Å². The summed E-state index contributed by atoms with van der Waals surface area (Å²) in [5.74, 6) is -1.35. The number of hydrogen-bond donors (Lipinski definition) is 1. The molecule has 2 amide bonds. The maximum atomic E-state index is 12.5. The van der Waals surface area contributed by atoms with Gasteiger partial charge in [-0.15, -0.1) is 0 Å². The summed E-state index contributed by atoms with van der Waals surface area (Å²) >= 11 is 0. The molecule has 0 aliphatic carbocycles. The van der Waals surface area contributed by atoms with Crippen molar-refractivity contribution in [3.8, 4) is 0 Å². The van der Waals surface area contributed by atoms with E-state index >= 15 is 0 Å². The molecule has 0 aromatic heterocycles. The monoisotopic (exact) mass is 300 g/mol. The normalized spacial score (nSPS) is 21.8. The average Bonchev–Trinajstić information content (AvgIpc) is 2.51. The lowest BCUT2D eigenvalue weighted by Gasteiger charge is -2.41. The van der Waals surface area contributed by atoms with Gasteiger partial charge in [0, 0.05) is 19.6 Å². The molecule has 1 rings (SSSR count).